The van der Waals surface area contributed by atoms with Gasteiger partial charge in [-0.2, -0.15) is 5.10 Å². The van der Waals surface area contributed by atoms with Crippen LogP contribution in [0, 0.1) is 16.0 Å². The Hall–Kier alpha value is -1.15. The van der Waals surface area contributed by atoms with E-state index in [4.69, 9.17) is 11.6 Å². The number of nitrogens with zero attached hydrogens (tertiary/aromatic N) is 3. The second kappa shape index (κ2) is 5.01. The maximum Gasteiger partial charge on any atom is 0.325 e. The van der Waals surface area contributed by atoms with E-state index >= 15 is 0 Å². The normalized spacial score (nSPS) is 13.6. The smallest absolute Gasteiger partial charge is 0.267 e. The molecule has 0 bridgehead atoms. The average molecular weight is 282 g/mol. The number of hydrogen-bond donors (Lipinski definition) is 0. The maximum atomic E-state index is 11.9. The summed E-state index contributed by atoms with van der Waals surface area (Å²) in [6, 6.07) is 0. The SMILES string of the molecule is CC(CCl)CS(=O)(=O)c1nn(C)cc1[N+](=O)[O-]. The summed E-state index contributed by atoms with van der Waals surface area (Å²) in [6.45, 7) is 1.65. The summed E-state index contributed by atoms with van der Waals surface area (Å²) in [5.74, 6) is -0.378. The van der Waals surface area contributed by atoms with E-state index in [2.05, 4.69) is 5.10 Å². The molecular formula is C8H12ClN3O4S. The molecule has 0 aliphatic rings. The molecule has 0 aliphatic carbocycles. The first-order chi connectivity index (χ1) is 7.77. The largest absolute Gasteiger partial charge is 0.325 e. The molecule has 9 heteroatoms. The Morgan fingerprint density at radius 3 is 2.71 bits per heavy atom. The number of aromatic nitrogens is 2. The van der Waals surface area contributed by atoms with E-state index in [-0.39, 0.29) is 17.6 Å². The fraction of sp³-hybridized carbons (Fsp3) is 0.625. The van der Waals surface area contributed by atoms with Crippen LogP contribution < -0.4 is 0 Å². The van der Waals surface area contributed by atoms with Crippen molar-refractivity contribution in [3.63, 3.8) is 0 Å². The molecule has 0 aromatic carbocycles. The topological polar surface area (TPSA) is 95.1 Å². The van der Waals surface area contributed by atoms with Gasteiger partial charge in [0.25, 0.3) is 5.03 Å². The van der Waals surface area contributed by atoms with E-state index in [0.29, 0.717) is 0 Å². The number of halogens is 1. The van der Waals surface area contributed by atoms with Crippen LogP contribution in [0.15, 0.2) is 11.2 Å². The van der Waals surface area contributed by atoms with Crippen molar-refractivity contribution < 1.29 is 13.3 Å². The molecule has 17 heavy (non-hydrogen) atoms. The van der Waals surface area contributed by atoms with Gasteiger partial charge in [-0.1, -0.05) is 6.92 Å². The van der Waals surface area contributed by atoms with Crippen molar-refractivity contribution >= 4 is 27.1 Å². The Morgan fingerprint density at radius 2 is 2.24 bits per heavy atom. The molecule has 0 fully saturated rings. The molecule has 0 saturated heterocycles. The van der Waals surface area contributed by atoms with E-state index < -0.39 is 25.5 Å². The minimum atomic E-state index is -3.78. The summed E-state index contributed by atoms with van der Waals surface area (Å²) in [4.78, 5) is 9.94. The summed E-state index contributed by atoms with van der Waals surface area (Å²) in [5.41, 5.74) is -0.505. The highest BCUT2D eigenvalue weighted by molar-refractivity contribution is 7.91. The minimum Gasteiger partial charge on any atom is -0.267 e. The zero-order chi connectivity index (χ0) is 13.2. The predicted octanol–water partition coefficient (Wildman–Crippen LogP) is 0.977. The van der Waals surface area contributed by atoms with E-state index in [1.54, 1.807) is 6.92 Å². The van der Waals surface area contributed by atoms with E-state index in [0.717, 1.165) is 10.9 Å². The number of alkyl halides is 1. The molecule has 0 radical (unpaired) electrons. The maximum absolute atomic E-state index is 11.9. The number of sulfone groups is 1. The number of aryl methyl sites for hydroxylation is 1. The van der Waals surface area contributed by atoms with E-state index in [1.807, 2.05) is 0 Å². The molecule has 1 unspecified atom stereocenters. The van der Waals surface area contributed by atoms with Gasteiger partial charge in [-0.05, 0) is 5.92 Å². The monoisotopic (exact) mass is 281 g/mol. The number of nitro groups is 1. The number of hydrogen-bond acceptors (Lipinski definition) is 5. The number of rotatable bonds is 5. The zero-order valence-electron chi connectivity index (χ0n) is 9.33. The highest BCUT2D eigenvalue weighted by Crippen LogP contribution is 2.23. The average Bonchev–Trinajstić information content (AvgIpc) is 2.60. The van der Waals surface area contributed by atoms with Gasteiger partial charge in [-0.25, -0.2) is 8.42 Å². The van der Waals surface area contributed by atoms with Crippen molar-refractivity contribution in [2.45, 2.75) is 11.9 Å². The fourth-order valence-corrected chi connectivity index (χ4v) is 3.26. The van der Waals surface area contributed by atoms with Crippen molar-refractivity contribution in [2.24, 2.45) is 13.0 Å². The molecule has 0 saturated carbocycles. The lowest BCUT2D eigenvalue weighted by Gasteiger charge is -2.05. The molecule has 1 aromatic rings. The molecule has 1 rings (SSSR count). The lowest BCUT2D eigenvalue weighted by atomic mass is 10.3. The van der Waals surface area contributed by atoms with Gasteiger partial charge in [0.2, 0.25) is 9.84 Å². The van der Waals surface area contributed by atoms with Crippen LogP contribution in [0.1, 0.15) is 6.92 Å². The third-order valence-corrected chi connectivity index (χ3v) is 4.45. The molecule has 0 spiro atoms. The second-order valence-corrected chi connectivity index (χ2v) is 6.05. The van der Waals surface area contributed by atoms with Gasteiger partial charge in [-0.3, -0.25) is 14.8 Å². The molecular weight excluding hydrogens is 270 g/mol. The lowest BCUT2D eigenvalue weighted by molar-refractivity contribution is -0.387. The first-order valence-corrected chi connectivity index (χ1v) is 6.93. The van der Waals surface area contributed by atoms with Gasteiger partial charge in [0.05, 0.1) is 10.7 Å². The molecule has 96 valence electrons. The molecule has 0 amide bonds. The first kappa shape index (κ1) is 13.9. The van der Waals surface area contributed by atoms with Crippen LogP contribution >= 0.6 is 11.6 Å². The summed E-state index contributed by atoms with van der Waals surface area (Å²) in [7, 11) is -2.36. The predicted molar refractivity (Wildman–Crippen MR) is 61.8 cm³/mol. The van der Waals surface area contributed by atoms with Crippen LogP contribution in [0.2, 0.25) is 0 Å². The highest BCUT2D eigenvalue weighted by atomic mass is 35.5. The standard InChI is InChI=1S/C8H12ClN3O4S/c1-6(3-9)5-17(15,16)8-7(12(13)14)4-11(2)10-8/h4,6H,3,5H2,1-2H3. The second-order valence-electron chi connectivity index (χ2n) is 3.79. The van der Waals surface area contributed by atoms with Crippen molar-refractivity contribution in [1.82, 2.24) is 9.78 Å². The van der Waals surface area contributed by atoms with Gasteiger partial charge in [0.15, 0.2) is 0 Å². The van der Waals surface area contributed by atoms with Crippen LogP contribution in [0.4, 0.5) is 5.69 Å². The molecule has 0 aliphatic heterocycles. The highest BCUT2D eigenvalue weighted by Gasteiger charge is 2.31. The summed E-state index contributed by atoms with van der Waals surface area (Å²) < 4.78 is 24.9. The third kappa shape index (κ3) is 3.16. The van der Waals surface area contributed by atoms with Crippen LogP contribution in [0.5, 0.6) is 0 Å². The summed E-state index contributed by atoms with van der Waals surface area (Å²) in [6.07, 6.45) is 1.07. The lowest BCUT2D eigenvalue weighted by Crippen LogP contribution is -2.16. The Balaban J connectivity index is 3.19. The van der Waals surface area contributed by atoms with Crippen molar-refractivity contribution in [3.8, 4) is 0 Å². The van der Waals surface area contributed by atoms with Gasteiger partial charge in [0.1, 0.15) is 6.20 Å². The van der Waals surface area contributed by atoms with Gasteiger partial charge in [0, 0.05) is 12.9 Å². The molecule has 1 heterocycles. The minimum absolute atomic E-state index is 0.167. The van der Waals surface area contributed by atoms with Gasteiger partial charge < -0.3 is 0 Å². The van der Waals surface area contributed by atoms with Crippen molar-refractivity contribution in [1.29, 1.82) is 0 Å². The summed E-state index contributed by atoms with van der Waals surface area (Å²) in [5, 5.41) is 13.8. The van der Waals surface area contributed by atoms with Crippen LogP contribution in [-0.2, 0) is 16.9 Å². The van der Waals surface area contributed by atoms with Gasteiger partial charge in [-0.15, -0.1) is 11.6 Å². The Labute approximate surface area is 103 Å². The fourth-order valence-electron chi connectivity index (χ4n) is 1.30. The van der Waals surface area contributed by atoms with E-state index in [9.17, 15) is 18.5 Å². The molecule has 1 atom stereocenters. The first-order valence-electron chi connectivity index (χ1n) is 4.74. The van der Waals surface area contributed by atoms with Crippen molar-refractivity contribution in [3.05, 3.63) is 16.3 Å². The van der Waals surface area contributed by atoms with Gasteiger partial charge >= 0.3 is 5.69 Å². The molecule has 1 aromatic heterocycles. The van der Waals surface area contributed by atoms with Crippen LogP contribution in [-0.4, -0.2) is 34.8 Å². The Bertz CT molecular complexity index is 525. The Morgan fingerprint density at radius 1 is 1.65 bits per heavy atom. The zero-order valence-corrected chi connectivity index (χ0v) is 10.9. The summed E-state index contributed by atoms with van der Waals surface area (Å²) >= 11 is 5.53. The molecule has 7 nitrogen and oxygen atoms in total. The van der Waals surface area contributed by atoms with Crippen molar-refractivity contribution in [2.75, 3.05) is 11.6 Å². The van der Waals surface area contributed by atoms with Crippen LogP contribution in [0.25, 0.3) is 0 Å². The quantitative estimate of drug-likeness (QED) is 0.455. The Kier molecular flexibility index (Phi) is 4.10. The van der Waals surface area contributed by atoms with E-state index in [1.165, 1.54) is 7.05 Å². The van der Waals surface area contributed by atoms with Crippen LogP contribution in [0.3, 0.4) is 0 Å². The molecule has 0 N–H and O–H groups in total. The third-order valence-electron chi connectivity index (χ3n) is 2.04.